The fourth-order valence-electron chi connectivity index (χ4n) is 2.65. The van der Waals surface area contributed by atoms with Crippen molar-refractivity contribution in [2.75, 3.05) is 11.9 Å². The van der Waals surface area contributed by atoms with E-state index < -0.39 is 0 Å². The van der Waals surface area contributed by atoms with Crippen LogP contribution < -0.4 is 10.1 Å². The van der Waals surface area contributed by atoms with Crippen LogP contribution in [0.15, 0.2) is 6.07 Å². The molecule has 19 heavy (non-hydrogen) atoms. The molecule has 1 saturated carbocycles. The minimum absolute atomic E-state index is 0.530. The molecule has 2 unspecified atom stereocenters. The van der Waals surface area contributed by atoms with E-state index in [1.54, 1.807) is 0 Å². The lowest BCUT2D eigenvalue weighted by Crippen LogP contribution is -2.30. The van der Waals surface area contributed by atoms with E-state index in [9.17, 15) is 0 Å². The maximum Gasteiger partial charge on any atom is 0.218 e. The first-order valence-electron chi connectivity index (χ1n) is 7.50. The molecule has 106 valence electrons. The van der Waals surface area contributed by atoms with Crippen molar-refractivity contribution in [2.45, 2.75) is 58.9 Å². The van der Waals surface area contributed by atoms with E-state index in [2.05, 4.69) is 29.1 Å². The molecule has 4 nitrogen and oxygen atoms in total. The molecular weight excluding hydrogens is 238 g/mol. The molecule has 1 aromatic heterocycles. The third kappa shape index (κ3) is 3.82. The summed E-state index contributed by atoms with van der Waals surface area (Å²) in [5.74, 6) is 3.15. The number of nitrogens with zero attached hydrogens (tertiary/aromatic N) is 2. The summed E-state index contributed by atoms with van der Waals surface area (Å²) in [7, 11) is 0. The molecule has 1 aliphatic carbocycles. The molecule has 1 fully saturated rings. The number of anilines is 1. The van der Waals surface area contributed by atoms with Gasteiger partial charge in [-0.1, -0.05) is 26.7 Å². The summed E-state index contributed by atoms with van der Waals surface area (Å²) in [6.45, 7) is 7.00. The number of hydrogen-bond donors (Lipinski definition) is 1. The summed E-state index contributed by atoms with van der Waals surface area (Å²) in [4.78, 5) is 8.94. The van der Waals surface area contributed by atoms with E-state index in [-0.39, 0.29) is 0 Å². The highest BCUT2D eigenvalue weighted by atomic mass is 16.5. The van der Waals surface area contributed by atoms with Crippen LogP contribution in [0.3, 0.4) is 0 Å². The smallest absolute Gasteiger partial charge is 0.218 e. The molecule has 1 aliphatic rings. The molecule has 0 bridgehead atoms. The lowest BCUT2D eigenvalue weighted by molar-refractivity contribution is 0.324. The molecule has 2 atom stereocenters. The first-order chi connectivity index (χ1) is 9.22. The molecule has 0 amide bonds. The molecule has 0 aliphatic heterocycles. The van der Waals surface area contributed by atoms with E-state index in [0.717, 1.165) is 18.1 Å². The number of rotatable bonds is 5. The topological polar surface area (TPSA) is 47.0 Å². The fourth-order valence-corrected chi connectivity index (χ4v) is 2.65. The first kappa shape index (κ1) is 14.1. The molecule has 1 N–H and O–H groups in total. The highest BCUT2D eigenvalue weighted by Gasteiger charge is 2.21. The third-order valence-corrected chi connectivity index (χ3v) is 3.80. The normalized spacial score (nSPS) is 23.1. The minimum atomic E-state index is 0.530. The highest BCUT2D eigenvalue weighted by Crippen LogP contribution is 2.27. The third-order valence-electron chi connectivity index (χ3n) is 3.80. The van der Waals surface area contributed by atoms with Gasteiger partial charge in [0.25, 0.3) is 0 Å². The Hall–Kier alpha value is -1.32. The largest absolute Gasteiger partial charge is 0.478 e. The van der Waals surface area contributed by atoms with Gasteiger partial charge in [-0.05, 0) is 25.7 Å². The van der Waals surface area contributed by atoms with Gasteiger partial charge in [-0.25, -0.2) is 4.98 Å². The predicted molar refractivity (Wildman–Crippen MR) is 77.6 cm³/mol. The van der Waals surface area contributed by atoms with Crippen molar-refractivity contribution in [1.29, 1.82) is 0 Å². The fraction of sp³-hybridized carbons (Fsp3) is 0.733. The van der Waals surface area contributed by atoms with Crippen molar-refractivity contribution in [3.8, 4) is 5.88 Å². The number of nitrogens with one attached hydrogen (secondary N) is 1. The maximum atomic E-state index is 5.51. The first-order valence-corrected chi connectivity index (χ1v) is 7.50. The number of hydrogen-bond acceptors (Lipinski definition) is 4. The van der Waals surface area contributed by atoms with Crippen LogP contribution in [0.4, 0.5) is 5.82 Å². The van der Waals surface area contributed by atoms with E-state index >= 15 is 0 Å². The SMILES string of the molecule is CCOc1cc(NC2CCCCC2C)nc(CC)n1. The minimum Gasteiger partial charge on any atom is -0.478 e. The Balaban J connectivity index is 2.11. The Bertz CT molecular complexity index is 408. The van der Waals surface area contributed by atoms with Crippen LogP contribution in [0, 0.1) is 5.92 Å². The Morgan fingerprint density at radius 3 is 2.74 bits per heavy atom. The summed E-state index contributed by atoms with van der Waals surface area (Å²) in [6, 6.07) is 2.45. The zero-order valence-electron chi connectivity index (χ0n) is 12.3. The van der Waals surface area contributed by atoms with Crippen LogP contribution in [0.25, 0.3) is 0 Å². The maximum absolute atomic E-state index is 5.51. The van der Waals surface area contributed by atoms with Gasteiger partial charge in [-0.15, -0.1) is 0 Å². The summed E-state index contributed by atoms with van der Waals surface area (Å²) >= 11 is 0. The van der Waals surface area contributed by atoms with E-state index in [1.807, 2.05) is 13.0 Å². The molecule has 1 heterocycles. The molecule has 0 aromatic carbocycles. The van der Waals surface area contributed by atoms with Crippen molar-refractivity contribution < 1.29 is 4.74 Å². The van der Waals surface area contributed by atoms with Gasteiger partial charge < -0.3 is 10.1 Å². The monoisotopic (exact) mass is 263 g/mol. The summed E-state index contributed by atoms with van der Waals surface area (Å²) in [5.41, 5.74) is 0. The van der Waals surface area contributed by atoms with Crippen LogP contribution in [0.5, 0.6) is 5.88 Å². The second-order valence-corrected chi connectivity index (χ2v) is 5.31. The van der Waals surface area contributed by atoms with Crippen LogP contribution in [-0.2, 0) is 6.42 Å². The molecule has 0 radical (unpaired) electrons. The zero-order valence-corrected chi connectivity index (χ0v) is 12.3. The van der Waals surface area contributed by atoms with Gasteiger partial charge in [0.2, 0.25) is 5.88 Å². The van der Waals surface area contributed by atoms with Crippen molar-refractivity contribution >= 4 is 5.82 Å². The molecule has 4 heteroatoms. The molecule has 1 aromatic rings. The zero-order chi connectivity index (χ0) is 13.7. The average molecular weight is 263 g/mol. The van der Waals surface area contributed by atoms with Gasteiger partial charge in [0.15, 0.2) is 0 Å². The van der Waals surface area contributed by atoms with Crippen molar-refractivity contribution in [3.63, 3.8) is 0 Å². The Kier molecular flexibility index (Phi) is 5.00. The van der Waals surface area contributed by atoms with Crippen molar-refractivity contribution in [3.05, 3.63) is 11.9 Å². The lowest BCUT2D eigenvalue weighted by atomic mass is 9.86. The van der Waals surface area contributed by atoms with Crippen LogP contribution in [0.1, 0.15) is 52.3 Å². The van der Waals surface area contributed by atoms with E-state index in [4.69, 9.17) is 4.74 Å². The Labute approximate surface area is 116 Å². The van der Waals surface area contributed by atoms with E-state index in [1.165, 1.54) is 25.7 Å². The Morgan fingerprint density at radius 1 is 1.26 bits per heavy atom. The summed E-state index contributed by atoms with van der Waals surface area (Å²) < 4.78 is 5.51. The summed E-state index contributed by atoms with van der Waals surface area (Å²) in [6.07, 6.45) is 6.04. The Morgan fingerprint density at radius 2 is 2.05 bits per heavy atom. The summed E-state index contributed by atoms with van der Waals surface area (Å²) in [5, 5.41) is 3.57. The van der Waals surface area contributed by atoms with Gasteiger partial charge in [-0.2, -0.15) is 4.98 Å². The van der Waals surface area contributed by atoms with Crippen molar-refractivity contribution in [2.24, 2.45) is 5.92 Å². The van der Waals surface area contributed by atoms with Crippen LogP contribution in [0.2, 0.25) is 0 Å². The molecule has 0 spiro atoms. The predicted octanol–water partition coefficient (Wildman–Crippen LogP) is 3.43. The van der Waals surface area contributed by atoms with Gasteiger partial charge in [0, 0.05) is 18.5 Å². The quantitative estimate of drug-likeness (QED) is 0.884. The number of aromatic nitrogens is 2. The second-order valence-electron chi connectivity index (χ2n) is 5.31. The van der Waals surface area contributed by atoms with Gasteiger partial charge in [0.05, 0.1) is 6.61 Å². The van der Waals surface area contributed by atoms with E-state index in [0.29, 0.717) is 24.4 Å². The van der Waals surface area contributed by atoms with Gasteiger partial charge in [0.1, 0.15) is 11.6 Å². The molecule has 2 rings (SSSR count). The van der Waals surface area contributed by atoms with Gasteiger partial charge in [-0.3, -0.25) is 0 Å². The highest BCUT2D eigenvalue weighted by molar-refractivity contribution is 5.39. The molecular formula is C15H25N3O. The van der Waals surface area contributed by atoms with Crippen LogP contribution >= 0.6 is 0 Å². The number of ether oxygens (including phenoxy) is 1. The van der Waals surface area contributed by atoms with Gasteiger partial charge >= 0.3 is 0 Å². The second kappa shape index (κ2) is 6.73. The molecule has 0 saturated heterocycles. The average Bonchev–Trinajstić information content (AvgIpc) is 2.41. The van der Waals surface area contributed by atoms with Crippen molar-refractivity contribution in [1.82, 2.24) is 9.97 Å². The standard InChI is InChI=1S/C15H25N3O/c1-4-13-17-14(10-15(18-13)19-5-2)16-12-9-7-6-8-11(12)3/h10-12H,4-9H2,1-3H3,(H,16,17,18). The van der Waals surface area contributed by atoms with Crippen LogP contribution in [-0.4, -0.2) is 22.6 Å². The lowest BCUT2D eigenvalue weighted by Gasteiger charge is -2.30. The number of aryl methyl sites for hydroxylation is 1.